The van der Waals surface area contributed by atoms with Crippen LogP contribution in [0.5, 0.6) is 0 Å². The van der Waals surface area contributed by atoms with Crippen molar-refractivity contribution in [2.24, 2.45) is 11.1 Å². The minimum Gasteiger partial charge on any atom is -0.385 e. The number of anilines is 1. The van der Waals surface area contributed by atoms with E-state index < -0.39 is 25.5 Å². The van der Waals surface area contributed by atoms with Gasteiger partial charge in [0.1, 0.15) is 0 Å². The predicted octanol–water partition coefficient (Wildman–Crippen LogP) is 1.08. The number of nitrogens with zero attached hydrogens (tertiary/aromatic N) is 1. The van der Waals surface area contributed by atoms with E-state index in [4.69, 9.17) is 9.88 Å². The van der Waals surface area contributed by atoms with E-state index in [9.17, 15) is 18.5 Å². The van der Waals surface area contributed by atoms with Crippen LogP contribution in [0.3, 0.4) is 0 Å². The third kappa shape index (κ3) is 4.13. The summed E-state index contributed by atoms with van der Waals surface area (Å²) in [4.78, 5) is 9.73. The molecule has 9 heteroatoms. The SMILES string of the molecule is NS(=O)(=O)c1ccc(NCC2CCOCC2)cc1[N+](=O)[O-]. The average molecular weight is 315 g/mol. The number of primary sulfonamides is 1. The average Bonchev–Trinajstić information content (AvgIpc) is 2.45. The molecule has 0 saturated carbocycles. The monoisotopic (exact) mass is 315 g/mol. The maximum atomic E-state index is 11.3. The molecule has 2 rings (SSSR count). The number of rotatable bonds is 5. The lowest BCUT2D eigenvalue weighted by Crippen LogP contribution is -2.22. The van der Waals surface area contributed by atoms with Crippen LogP contribution in [0.15, 0.2) is 23.1 Å². The van der Waals surface area contributed by atoms with Crippen molar-refractivity contribution in [3.63, 3.8) is 0 Å². The molecule has 0 aromatic heterocycles. The van der Waals surface area contributed by atoms with Crippen LogP contribution in [0, 0.1) is 16.0 Å². The molecule has 0 radical (unpaired) electrons. The molecule has 1 fully saturated rings. The molecule has 3 N–H and O–H groups in total. The number of hydrogen-bond acceptors (Lipinski definition) is 6. The summed E-state index contributed by atoms with van der Waals surface area (Å²) in [6.45, 7) is 2.10. The molecule has 116 valence electrons. The van der Waals surface area contributed by atoms with Gasteiger partial charge in [-0.25, -0.2) is 13.6 Å². The van der Waals surface area contributed by atoms with Crippen LogP contribution in [0.25, 0.3) is 0 Å². The molecule has 1 aromatic carbocycles. The fourth-order valence-corrected chi connectivity index (χ4v) is 2.91. The normalized spacial score (nSPS) is 16.6. The number of hydrogen-bond donors (Lipinski definition) is 2. The van der Waals surface area contributed by atoms with Gasteiger partial charge in [0.05, 0.1) is 4.92 Å². The molecule has 0 spiro atoms. The minimum atomic E-state index is -4.12. The van der Waals surface area contributed by atoms with Crippen molar-refractivity contribution >= 4 is 21.4 Å². The molecule has 0 bridgehead atoms. The second-order valence-corrected chi connectivity index (χ2v) is 6.45. The third-order valence-corrected chi connectivity index (χ3v) is 4.36. The maximum absolute atomic E-state index is 11.3. The highest BCUT2D eigenvalue weighted by Gasteiger charge is 2.23. The summed E-state index contributed by atoms with van der Waals surface area (Å²) in [5.41, 5.74) is -0.0185. The van der Waals surface area contributed by atoms with E-state index in [0.717, 1.165) is 32.1 Å². The molecule has 8 nitrogen and oxygen atoms in total. The topological polar surface area (TPSA) is 125 Å². The molecule has 0 aliphatic carbocycles. The van der Waals surface area contributed by atoms with Gasteiger partial charge in [-0.15, -0.1) is 0 Å². The van der Waals surface area contributed by atoms with E-state index in [1.807, 2.05) is 0 Å². The lowest BCUT2D eigenvalue weighted by Gasteiger charge is -2.22. The van der Waals surface area contributed by atoms with E-state index in [2.05, 4.69) is 5.32 Å². The van der Waals surface area contributed by atoms with Crippen molar-refractivity contribution in [1.29, 1.82) is 0 Å². The quantitative estimate of drug-likeness (QED) is 0.619. The summed E-state index contributed by atoms with van der Waals surface area (Å²) in [7, 11) is -4.12. The molecule has 0 amide bonds. The van der Waals surface area contributed by atoms with Crippen LogP contribution in [-0.4, -0.2) is 33.1 Å². The van der Waals surface area contributed by atoms with Gasteiger partial charge in [0.25, 0.3) is 5.69 Å². The zero-order valence-corrected chi connectivity index (χ0v) is 12.1. The summed E-state index contributed by atoms with van der Waals surface area (Å²) in [5, 5.41) is 19.0. The van der Waals surface area contributed by atoms with Gasteiger partial charge in [0.2, 0.25) is 10.0 Å². The van der Waals surface area contributed by atoms with E-state index in [0.29, 0.717) is 18.2 Å². The Balaban J connectivity index is 2.14. The van der Waals surface area contributed by atoms with E-state index >= 15 is 0 Å². The number of nitrogens with two attached hydrogens (primary N) is 1. The first-order chi connectivity index (χ1) is 9.88. The van der Waals surface area contributed by atoms with Crippen LogP contribution < -0.4 is 10.5 Å². The Morgan fingerprint density at radius 3 is 2.62 bits per heavy atom. The van der Waals surface area contributed by atoms with Gasteiger partial charge in [-0.05, 0) is 30.9 Å². The Kier molecular flexibility index (Phi) is 4.76. The Morgan fingerprint density at radius 1 is 1.38 bits per heavy atom. The number of sulfonamides is 1. The third-order valence-electron chi connectivity index (χ3n) is 3.40. The minimum absolute atomic E-state index is 0.440. The summed E-state index contributed by atoms with van der Waals surface area (Å²) in [6, 6.07) is 3.82. The van der Waals surface area contributed by atoms with Gasteiger partial charge in [-0.3, -0.25) is 10.1 Å². The van der Waals surface area contributed by atoms with Gasteiger partial charge in [0, 0.05) is 31.5 Å². The van der Waals surface area contributed by atoms with E-state index in [-0.39, 0.29) is 0 Å². The molecule has 1 aliphatic heterocycles. The van der Waals surface area contributed by atoms with Crippen LogP contribution in [0.4, 0.5) is 11.4 Å². The molecule has 1 heterocycles. The second-order valence-electron chi connectivity index (χ2n) is 4.92. The highest BCUT2D eigenvalue weighted by atomic mass is 32.2. The number of benzene rings is 1. The van der Waals surface area contributed by atoms with E-state index in [1.54, 1.807) is 0 Å². The molecule has 0 unspecified atom stereocenters. The van der Waals surface area contributed by atoms with Gasteiger partial charge in [-0.1, -0.05) is 0 Å². The van der Waals surface area contributed by atoms with Crippen LogP contribution >= 0.6 is 0 Å². The number of nitro benzene ring substituents is 1. The van der Waals surface area contributed by atoms with Crippen LogP contribution in [0.1, 0.15) is 12.8 Å². The second kappa shape index (κ2) is 6.37. The van der Waals surface area contributed by atoms with Crippen molar-refractivity contribution in [2.45, 2.75) is 17.7 Å². The van der Waals surface area contributed by atoms with Gasteiger partial charge in [-0.2, -0.15) is 0 Å². The fraction of sp³-hybridized carbons (Fsp3) is 0.500. The van der Waals surface area contributed by atoms with Crippen molar-refractivity contribution in [3.05, 3.63) is 28.3 Å². The Bertz CT molecular complexity index is 626. The van der Waals surface area contributed by atoms with Gasteiger partial charge < -0.3 is 10.1 Å². The van der Waals surface area contributed by atoms with Crippen molar-refractivity contribution < 1.29 is 18.1 Å². The lowest BCUT2D eigenvalue weighted by molar-refractivity contribution is -0.387. The lowest BCUT2D eigenvalue weighted by atomic mass is 10.0. The van der Waals surface area contributed by atoms with Gasteiger partial charge in [0.15, 0.2) is 4.90 Å². The van der Waals surface area contributed by atoms with Crippen molar-refractivity contribution in [3.8, 4) is 0 Å². The summed E-state index contributed by atoms with van der Waals surface area (Å²) in [5.74, 6) is 0.440. The van der Waals surface area contributed by atoms with Crippen molar-refractivity contribution in [1.82, 2.24) is 0 Å². The maximum Gasteiger partial charge on any atom is 0.291 e. The molecule has 1 saturated heterocycles. The molecular weight excluding hydrogens is 298 g/mol. The smallest absolute Gasteiger partial charge is 0.291 e. The molecule has 1 aromatic rings. The molecule has 1 aliphatic rings. The molecule has 21 heavy (non-hydrogen) atoms. The van der Waals surface area contributed by atoms with Crippen molar-refractivity contribution in [2.75, 3.05) is 25.1 Å². The summed E-state index contributed by atoms with van der Waals surface area (Å²) in [6.07, 6.45) is 1.87. The fourth-order valence-electron chi connectivity index (χ4n) is 2.22. The molecular formula is C12H17N3O5S. The predicted molar refractivity (Wildman–Crippen MR) is 76.5 cm³/mol. The van der Waals surface area contributed by atoms with Gasteiger partial charge >= 0.3 is 0 Å². The van der Waals surface area contributed by atoms with Crippen LogP contribution in [-0.2, 0) is 14.8 Å². The largest absolute Gasteiger partial charge is 0.385 e. The molecule has 0 atom stereocenters. The zero-order valence-electron chi connectivity index (χ0n) is 11.3. The summed E-state index contributed by atoms with van der Waals surface area (Å²) >= 11 is 0. The first-order valence-electron chi connectivity index (χ1n) is 6.51. The highest BCUT2D eigenvalue weighted by Crippen LogP contribution is 2.26. The van der Waals surface area contributed by atoms with Crippen LogP contribution in [0.2, 0.25) is 0 Å². The first kappa shape index (κ1) is 15.7. The highest BCUT2D eigenvalue weighted by molar-refractivity contribution is 7.89. The summed E-state index contributed by atoms with van der Waals surface area (Å²) < 4.78 is 27.9. The number of nitrogens with one attached hydrogen (secondary N) is 1. The standard InChI is InChI=1S/C12H17N3O5S/c13-21(18,19)12-2-1-10(7-11(12)15(16)17)14-8-9-3-5-20-6-4-9/h1-2,7,9,14H,3-6,8H2,(H2,13,18,19). The number of ether oxygens (including phenoxy) is 1. The first-order valence-corrected chi connectivity index (χ1v) is 8.05. The van der Waals surface area contributed by atoms with E-state index in [1.165, 1.54) is 12.1 Å². The zero-order chi connectivity index (χ0) is 15.5. The number of nitro groups is 1. The Morgan fingerprint density at radius 2 is 2.05 bits per heavy atom. The Hall–Kier alpha value is -1.71. The Labute approximate surface area is 122 Å².